The Morgan fingerprint density at radius 3 is 2.36 bits per heavy atom. The Hall–Kier alpha value is -0.220. The lowest BCUT2D eigenvalue weighted by atomic mass is 10.3. The third-order valence-corrected chi connectivity index (χ3v) is 3.43. The molecule has 2 atom stereocenters. The van der Waals surface area contributed by atoms with E-state index in [1.165, 1.54) is 0 Å². The molecule has 14 heavy (non-hydrogen) atoms. The van der Waals surface area contributed by atoms with E-state index in [4.69, 9.17) is 5.73 Å². The summed E-state index contributed by atoms with van der Waals surface area (Å²) in [5.41, 5.74) is 5.30. The predicted octanol–water partition coefficient (Wildman–Crippen LogP) is 1.37. The Morgan fingerprint density at radius 1 is 1.43 bits per heavy atom. The fraction of sp³-hybridized carbons (Fsp3) is 0.900. The zero-order chi connectivity index (χ0) is 11.1. The third kappa shape index (κ3) is 6.27. The molecule has 0 heterocycles. The van der Waals surface area contributed by atoms with Crippen LogP contribution in [0, 0.1) is 0 Å². The van der Waals surface area contributed by atoms with Crippen LogP contribution in [0.2, 0.25) is 0 Å². The first-order valence-corrected chi connectivity index (χ1v) is 6.19. The molecule has 4 heteroatoms. The van der Waals surface area contributed by atoms with Gasteiger partial charge in [0.05, 0.1) is 6.04 Å². The normalized spacial score (nSPS) is 15.5. The van der Waals surface area contributed by atoms with Crippen molar-refractivity contribution in [1.82, 2.24) is 5.32 Å². The van der Waals surface area contributed by atoms with Gasteiger partial charge in [-0.2, -0.15) is 11.8 Å². The summed E-state index contributed by atoms with van der Waals surface area (Å²) in [7, 11) is 0. The third-order valence-electron chi connectivity index (χ3n) is 2.00. The highest BCUT2D eigenvalue weighted by Crippen LogP contribution is 2.14. The second-order valence-corrected chi connectivity index (χ2v) is 5.30. The van der Waals surface area contributed by atoms with Crippen LogP contribution < -0.4 is 11.1 Å². The molecular formula is C10H22N2OS. The summed E-state index contributed by atoms with van der Waals surface area (Å²) in [5.74, 6) is 0.511. The molecule has 2 unspecified atom stereocenters. The van der Waals surface area contributed by atoms with Crippen LogP contribution in [-0.4, -0.2) is 29.0 Å². The van der Waals surface area contributed by atoms with Gasteiger partial charge in [-0.3, -0.25) is 4.79 Å². The Kier molecular flexibility index (Phi) is 7.01. The number of hydrogen-bond donors (Lipinski definition) is 2. The van der Waals surface area contributed by atoms with Crippen molar-refractivity contribution in [2.24, 2.45) is 5.73 Å². The molecule has 0 rings (SSSR count). The molecule has 0 saturated carbocycles. The number of nitrogens with one attached hydrogen (secondary N) is 1. The highest BCUT2D eigenvalue weighted by Gasteiger charge is 2.16. The van der Waals surface area contributed by atoms with Gasteiger partial charge in [0, 0.05) is 17.0 Å². The van der Waals surface area contributed by atoms with Gasteiger partial charge < -0.3 is 11.1 Å². The number of thioether (sulfide) groups is 1. The predicted molar refractivity (Wildman–Crippen MR) is 63.5 cm³/mol. The van der Waals surface area contributed by atoms with Crippen molar-refractivity contribution in [3.63, 3.8) is 0 Å². The standard InChI is InChI=1S/C10H22N2OS/c1-5-8(4)14-6-9(10(11)13)12-7(2)3/h7-9,12H,5-6H2,1-4H3,(H2,11,13). The minimum absolute atomic E-state index is 0.200. The SMILES string of the molecule is CCC(C)SCC(NC(C)C)C(N)=O. The molecule has 0 aromatic heterocycles. The van der Waals surface area contributed by atoms with Crippen LogP contribution in [0.25, 0.3) is 0 Å². The Bertz CT molecular complexity index is 174. The van der Waals surface area contributed by atoms with Gasteiger partial charge in [0.1, 0.15) is 0 Å². The molecule has 0 aliphatic rings. The number of amides is 1. The molecule has 0 radical (unpaired) electrons. The minimum atomic E-state index is -0.255. The maximum Gasteiger partial charge on any atom is 0.235 e. The molecule has 0 aromatic carbocycles. The van der Waals surface area contributed by atoms with Crippen molar-refractivity contribution in [3.8, 4) is 0 Å². The summed E-state index contributed by atoms with van der Waals surface area (Å²) in [4.78, 5) is 11.1. The van der Waals surface area contributed by atoms with E-state index in [2.05, 4.69) is 19.2 Å². The molecule has 0 fully saturated rings. The first-order chi connectivity index (χ1) is 6.47. The van der Waals surface area contributed by atoms with Crippen molar-refractivity contribution in [3.05, 3.63) is 0 Å². The fourth-order valence-electron chi connectivity index (χ4n) is 0.993. The average Bonchev–Trinajstić information content (AvgIpc) is 2.10. The van der Waals surface area contributed by atoms with Crippen LogP contribution in [0.15, 0.2) is 0 Å². The number of carbonyl (C=O) groups excluding carboxylic acids is 1. The Balaban J connectivity index is 3.91. The number of hydrogen-bond acceptors (Lipinski definition) is 3. The minimum Gasteiger partial charge on any atom is -0.368 e. The molecule has 84 valence electrons. The Morgan fingerprint density at radius 2 is 2.00 bits per heavy atom. The molecule has 1 amide bonds. The van der Waals surface area contributed by atoms with Crippen molar-refractivity contribution >= 4 is 17.7 Å². The maximum absolute atomic E-state index is 11.1. The summed E-state index contributed by atoms with van der Waals surface area (Å²) in [5, 5.41) is 3.75. The van der Waals surface area contributed by atoms with E-state index in [1.54, 1.807) is 11.8 Å². The summed E-state index contributed by atoms with van der Waals surface area (Å²) >= 11 is 1.79. The van der Waals surface area contributed by atoms with Gasteiger partial charge in [0.25, 0.3) is 0 Å². The van der Waals surface area contributed by atoms with E-state index < -0.39 is 0 Å². The van der Waals surface area contributed by atoms with Crippen LogP contribution in [0.4, 0.5) is 0 Å². The summed E-state index contributed by atoms with van der Waals surface area (Å²) in [6.45, 7) is 8.35. The zero-order valence-corrected chi connectivity index (χ0v) is 10.4. The number of primary amides is 1. The first kappa shape index (κ1) is 13.8. The van der Waals surface area contributed by atoms with E-state index in [0.717, 1.165) is 12.2 Å². The molecule has 0 saturated heterocycles. The van der Waals surface area contributed by atoms with Crippen molar-refractivity contribution in [2.45, 2.75) is 51.4 Å². The molecule has 0 aromatic rings. The van der Waals surface area contributed by atoms with Gasteiger partial charge in [0.2, 0.25) is 5.91 Å². The van der Waals surface area contributed by atoms with Crippen LogP contribution in [0.5, 0.6) is 0 Å². The second-order valence-electron chi connectivity index (χ2n) is 3.83. The van der Waals surface area contributed by atoms with Gasteiger partial charge in [-0.05, 0) is 6.42 Å². The van der Waals surface area contributed by atoms with E-state index in [0.29, 0.717) is 11.3 Å². The lowest BCUT2D eigenvalue weighted by molar-refractivity contribution is -0.119. The summed E-state index contributed by atoms with van der Waals surface area (Å²) in [6.07, 6.45) is 1.12. The van der Waals surface area contributed by atoms with E-state index in [-0.39, 0.29) is 11.9 Å². The smallest absolute Gasteiger partial charge is 0.235 e. The summed E-state index contributed by atoms with van der Waals surface area (Å²) in [6, 6.07) is 0.0963. The summed E-state index contributed by atoms with van der Waals surface area (Å²) < 4.78 is 0. The molecule has 3 nitrogen and oxygen atoms in total. The topological polar surface area (TPSA) is 55.1 Å². The molecule has 0 bridgehead atoms. The average molecular weight is 218 g/mol. The maximum atomic E-state index is 11.1. The number of rotatable bonds is 7. The van der Waals surface area contributed by atoms with Gasteiger partial charge in [-0.15, -0.1) is 0 Å². The Labute approximate surface area is 91.2 Å². The van der Waals surface area contributed by atoms with Gasteiger partial charge in [-0.1, -0.05) is 27.7 Å². The van der Waals surface area contributed by atoms with Crippen molar-refractivity contribution < 1.29 is 4.79 Å². The lowest BCUT2D eigenvalue weighted by Crippen LogP contribution is -2.46. The number of carbonyl (C=O) groups is 1. The van der Waals surface area contributed by atoms with Gasteiger partial charge in [-0.25, -0.2) is 0 Å². The van der Waals surface area contributed by atoms with Crippen LogP contribution in [0.1, 0.15) is 34.1 Å². The molecule has 3 N–H and O–H groups in total. The molecular weight excluding hydrogens is 196 g/mol. The monoisotopic (exact) mass is 218 g/mol. The van der Waals surface area contributed by atoms with Gasteiger partial charge in [0.15, 0.2) is 0 Å². The first-order valence-electron chi connectivity index (χ1n) is 5.14. The van der Waals surface area contributed by atoms with E-state index in [9.17, 15) is 4.79 Å². The molecule has 0 aliphatic heterocycles. The number of nitrogens with two attached hydrogens (primary N) is 1. The lowest BCUT2D eigenvalue weighted by Gasteiger charge is -2.19. The van der Waals surface area contributed by atoms with Crippen LogP contribution in [0.3, 0.4) is 0 Å². The highest BCUT2D eigenvalue weighted by molar-refractivity contribution is 7.99. The van der Waals surface area contributed by atoms with E-state index >= 15 is 0 Å². The van der Waals surface area contributed by atoms with Gasteiger partial charge >= 0.3 is 0 Å². The molecule has 0 aliphatic carbocycles. The van der Waals surface area contributed by atoms with Crippen LogP contribution >= 0.6 is 11.8 Å². The highest BCUT2D eigenvalue weighted by atomic mass is 32.2. The van der Waals surface area contributed by atoms with Crippen LogP contribution in [-0.2, 0) is 4.79 Å². The fourth-order valence-corrected chi connectivity index (χ4v) is 2.01. The van der Waals surface area contributed by atoms with E-state index in [1.807, 2.05) is 13.8 Å². The zero-order valence-electron chi connectivity index (χ0n) is 9.54. The van der Waals surface area contributed by atoms with Crippen molar-refractivity contribution in [1.29, 1.82) is 0 Å². The quantitative estimate of drug-likeness (QED) is 0.678. The van der Waals surface area contributed by atoms with Crippen molar-refractivity contribution in [2.75, 3.05) is 5.75 Å². The largest absolute Gasteiger partial charge is 0.368 e. The second kappa shape index (κ2) is 7.12. The molecule has 0 spiro atoms.